The molecule has 1 aromatic heterocycles. The first-order valence-electron chi connectivity index (χ1n) is 6.31. The van der Waals surface area contributed by atoms with Crippen LogP contribution in [-0.2, 0) is 11.3 Å². The normalized spacial score (nSPS) is 16.8. The number of hydrogen-bond donors (Lipinski definition) is 2. The monoisotopic (exact) mass is 252 g/mol. The van der Waals surface area contributed by atoms with Crippen LogP contribution in [0.4, 0.5) is 0 Å². The van der Waals surface area contributed by atoms with Gasteiger partial charge in [-0.2, -0.15) is 0 Å². The van der Waals surface area contributed by atoms with Crippen LogP contribution in [-0.4, -0.2) is 61.0 Å². The van der Waals surface area contributed by atoms with Crippen LogP contribution >= 0.6 is 0 Å². The third-order valence-corrected chi connectivity index (χ3v) is 2.93. The molecule has 0 bridgehead atoms. The van der Waals surface area contributed by atoms with Crippen molar-refractivity contribution in [2.24, 2.45) is 0 Å². The van der Waals surface area contributed by atoms with Crippen molar-refractivity contribution in [1.82, 2.24) is 20.1 Å². The molecule has 1 aliphatic heterocycles. The second-order valence-electron chi connectivity index (χ2n) is 4.74. The second-order valence-corrected chi connectivity index (χ2v) is 4.74. The van der Waals surface area contributed by atoms with Crippen molar-refractivity contribution < 1.29 is 4.79 Å². The van der Waals surface area contributed by atoms with Crippen molar-refractivity contribution >= 4 is 5.91 Å². The first-order chi connectivity index (χ1) is 8.58. The van der Waals surface area contributed by atoms with Crippen molar-refractivity contribution in [3.63, 3.8) is 0 Å². The molecule has 2 N–H and O–H groups in total. The number of nitrogens with zero attached hydrogens (tertiary/aromatic N) is 2. The van der Waals surface area contributed by atoms with E-state index in [0.717, 1.165) is 5.56 Å². The van der Waals surface area contributed by atoms with Gasteiger partial charge in [0, 0.05) is 52.0 Å². The Morgan fingerprint density at radius 1 is 1.28 bits per heavy atom. The average Bonchev–Trinajstić information content (AvgIpc) is 2.84. The Morgan fingerprint density at radius 3 is 2.22 bits per heavy atom. The van der Waals surface area contributed by atoms with E-state index in [1.54, 1.807) is 0 Å². The fraction of sp³-hybridized carbons (Fsp3) is 0.615. The van der Waals surface area contributed by atoms with Gasteiger partial charge in [0.2, 0.25) is 5.91 Å². The van der Waals surface area contributed by atoms with Crippen LogP contribution in [0.5, 0.6) is 0 Å². The highest BCUT2D eigenvalue weighted by atomic mass is 16.1. The summed E-state index contributed by atoms with van der Waals surface area (Å²) in [6.07, 6.45) is 3.69. The summed E-state index contributed by atoms with van der Waals surface area (Å²) in [7, 11) is 4.35. The lowest BCUT2D eigenvalue weighted by Crippen LogP contribution is -2.42. The minimum Gasteiger partial charge on any atom is -0.367 e. The van der Waals surface area contributed by atoms with Crippen molar-refractivity contribution in [1.29, 1.82) is 0 Å². The number of carbonyl (C=O) groups excluding carboxylic acids is 1. The molecule has 0 atom stereocenters. The first kappa shape index (κ1) is 14.7. The summed E-state index contributed by atoms with van der Waals surface area (Å²) in [4.78, 5) is 18.0. The standard InChI is InChI=1S/C7H10N2O.C6H14N2/c1-6(10)9-5-7-2-3-8-4-7;1-7-3-5-8(2)6-4-7/h2-4,8H,5H2,1H3,(H,9,10);3-6H2,1-2H3. The molecule has 1 amide bonds. The fourth-order valence-corrected chi connectivity index (χ4v) is 1.60. The predicted octanol–water partition coefficient (Wildman–Crippen LogP) is 0.514. The van der Waals surface area contributed by atoms with Crippen molar-refractivity contribution in [3.8, 4) is 0 Å². The summed E-state index contributed by atoms with van der Waals surface area (Å²) < 4.78 is 0. The van der Waals surface area contributed by atoms with E-state index in [1.807, 2.05) is 18.5 Å². The van der Waals surface area contributed by atoms with Gasteiger partial charge in [-0.05, 0) is 25.7 Å². The lowest BCUT2D eigenvalue weighted by atomic mass is 10.3. The molecular weight excluding hydrogens is 228 g/mol. The Kier molecular flexibility index (Phi) is 6.46. The molecule has 0 saturated carbocycles. The summed E-state index contributed by atoms with van der Waals surface area (Å²) in [6.45, 7) is 7.05. The molecule has 0 aliphatic carbocycles. The molecule has 0 unspecified atom stereocenters. The average molecular weight is 252 g/mol. The van der Waals surface area contributed by atoms with E-state index >= 15 is 0 Å². The summed E-state index contributed by atoms with van der Waals surface area (Å²) >= 11 is 0. The molecule has 1 aliphatic rings. The van der Waals surface area contributed by atoms with Crippen LogP contribution in [0.2, 0.25) is 0 Å². The lowest BCUT2D eigenvalue weighted by molar-refractivity contribution is -0.119. The predicted molar refractivity (Wildman–Crippen MR) is 73.3 cm³/mol. The van der Waals surface area contributed by atoms with Gasteiger partial charge in [0.25, 0.3) is 0 Å². The maximum absolute atomic E-state index is 10.4. The molecule has 0 aromatic carbocycles. The lowest BCUT2D eigenvalue weighted by Gasteiger charge is -2.28. The summed E-state index contributed by atoms with van der Waals surface area (Å²) in [5.41, 5.74) is 1.09. The van der Waals surface area contributed by atoms with E-state index in [1.165, 1.54) is 33.1 Å². The zero-order chi connectivity index (χ0) is 13.4. The molecule has 0 spiro atoms. The molecule has 1 aromatic rings. The van der Waals surface area contributed by atoms with Crippen molar-refractivity contribution in [3.05, 3.63) is 24.0 Å². The molecule has 0 radical (unpaired) electrons. The van der Waals surface area contributed by atoms with Crippen LogP contribution in [0.3, 0.4) is 0 Å². The molecule has 102 valence electrons. The largest absolute Gasteiger partial charge is 0.367 e. The second kappa shape index (κ2) is 7.89. The number of nitrogens with one attached hydrogen (secondary N) is 2. The SMILES string of the molecule is CC(=O)NCc1cc[nH]c1.CN1CCN(C)CC1. The maximum Gasteiger partial charge on any atom is 0.217 e. The highest BCUT2D eigenvalue weighted by Crippen LogP contribution is 1.94. The van der Waals surface area contributed by atoms with Crippen LogP contribution in [0.25, 0.3) is 0 Å². The highest BCUT2D eigenvalue weighted by Gasteiger charge is 2.07. The van der Waals surface area contributed by atoms with Crippen LogP contribution < -0.4 is 5.32 Å². The first-order valence-corrected chi connectivity index (χ1v) is 6.31. The summed E-state index contributed by atoms with van der Waals surface area (Å²) in [6, 6.07) is 1.93. The van der Waals surface area contributed by atoms with Gasteiger partial charge in [-0.15, -0.1) is 0 Å². The Labute approximate surface area is 109 Å². The van der Waals surface area contributed by atoms with Gasteiger partial charge in [0.05, 0.1) is 0 Å². The third kappa shape index (κ3) is 6.42. The quantitative estimate of drug-likeness (QED) is 0.806. The smallest absolute Gasteiger partial charge is 0.217 e. The minimum absolute atomic E-state index is 0.00111. The van der Waals surface area contributed by atoms with Gasteiger partial charge < -0.3 is 20.1 Å². The Balaban J connectivity index is 0.000000184. The van der Waals surface area contributed by atoms with Crippen molar-refractivity contribution in [2.45, 2.75) is 13.5 Å². The molecular formula is C13H24N4O. The van der Waals surface area contributed by atoms with Gasteiger partial charge in [0.1, 0.15) is 0 Å². The zero-order valence-corrected chi connectivity index (χ0v) is 11.6. The molecule has 1 fully saturated rings. The number of carbonyl (C=O) groups is 1. The van der Waals surface area contributed by atoms with E-state index in [2.05, 4.69) is 34.2 Å². The number of amides is 1. The number of aromatic amines is 1. The summed E-state index contributed by atoms with van der Waals surface area (Å²) in [5, 5.41) is 2.69. The van der Waals surface area contributed by atoms with Gasteiger partial charge in [0.15, 0.2) is 0 Å². The maximum atomic E-state index is 10.4. The number of piperazine rings is 1. The molecule has 1 saturated heterocycles. The van der Waals surface area contributed by atoms with Crippen molar-refractivity contribution in [2.75, 3.05) is 40.3 Å². The fourth-order valence-electron chi connectivity index (χ4n) is 1.60. The number of likely N-dealkylation sites (N-methyl/N-ethyl adjacent to an activating group) is 2. The highest BCUT2D eigenvalue weighted by molar-refractivity contribution is 5.72. The van der Waals surface area contributed by atoms with E-state index < -0.39 is 0 Å². The zero-order valence-electron chi connectivity index (χ0n) is 11.6. The third-order valence-electron chi connectivity index (χ3n) is 2.93. The molecule has 5 heteroatoms. The number of aromatic nitrogens is 1. The summed E-state index contributed by atoms with van der Waals surface area (Å²) in [5.74, 6) is 0.00111. The van der Waals surface area contributed by atoms with Gasteiger partial charge in [-0.3, -0.25) is 4.79 Å². The number of H-pyrrole nitrogens is 1. The van der Waals surface area contributed by atoms with Crippen LogP contribution in [0.15, 0.2) is 18.5 Å². The Morgan fingerprint density at radius 2 is 1.83 bits per heavy atom. The van der Waals surface area contributed by atoms with Gasteiger partial charge >= 0.3 is 0 Å². The van der Waals surface area contributed by atoms with E-state index in [4.69, 9.17) is 0 Å². The van der Waals surface area contributed by atoms with E-state index in [-0.39, 0.29) is 5.91 Å². The topological polar surface area (TPSA) is 51.4 Å². The molecule has 2 heterocycles. The molecule has 2 rings (SSSR count). The Hall–Kier alpha value is -1.33. The minimum atomic E-state index is 0.00111. The van der Waals surface area contributed by atoms with Crippen LogP contribution in [0, 0.1) is 0 Å². The van der Waals surface area contributed by atoms with E-state index in [0.29, 0.717) is 6.54 Å². The molecule has 5 nitrogen and oxygen atoms in total. The number of rotatable bonds is 2. The van der Waals surface area contributed by atoms with E-state index in [9.17, 15) is 4.79 Å². The Bertz CT molecular complexity index is 319. The molecule has 18 heavy (non-hydrogen) atoms. The van der Waals surface area contributed by atoms with Crippen LogP contribution in [0.1, 0.15) is 12.5 Å². The van der Waals surface area contributed by atoms with Gasteiger partial charge in [-0.1, -0.05) is 0 Å². The van der Waals surface area contributed by atoms with Gasteiger partial charge in [-0.25, -0.2) is 0 Å². The number of hydrogen-bond acceptors (Lipinski definition) is 3.